The third-order valence-electron chi connectivity index (χ3n) is 3.20. The highest BCUT2D eigenvalue weighted by atomic mass is 79.9. The number of benzene rings is 2. The molecule has 23 heavy (non-hydrogen) atoms. The quantitative estimate of drug-likeness (QED) is 0.817. The molecule has 122 valence electrons. The first-order valence-electron chi connectivity index (χ1n) is 6.45. The van der Waals surface area contributed by atoms with Crippen LogP contribution in [0.15, 0.2) is 39.7 Å². The van der Waals surface area contributed by atoms with E-state index in [1.807, 2.05) is 6.92 Å². The van der Waals surface area contributed by atoms with Crippen molar-refractivity contribution in [1.82, 2.24) is 0 Å². The zero-order valence-corrected chi connectivity index (χ0v) is 14.6. The van der Waals surface area contributed by atoms with Crippen molar-refractivity contribution in [2.24, 2.45) is 0 Å². The Labute approximate surface area is 141 Å². The van der Waals surface area contributed by atoms with E-state index >= 15 is 0 Å². The van der Waals surface area contributed by atoms with Crippen molar-refractivity contribution in [1.29, 1.82) is 0 Å². The molecule has 0 aliphatic rings. The Balaban J connectivity index is 2.57. The van der Waals surface area contributed by atoms with Crippen LogP contribution in [0.1, 0.15) is 21.5 Å². The SMILES string of the molecule is Cc1ccc(S(=O)(=O)Nc2c(C)cc(F)c(Br)c2C(=O)O)cc1. The number of anilines is 1. The van der Waals surface area contributed by atoms with Gasteiger partial charge in [0.05, 0.1) is 15.1 Å². The second kappa shape index (κ2) is 6.29. The standard InChI is InChI=1S/C15H13BrFNO4S/c1-8-3-5-10(6-4-8)23(21,22)18-14-9(2)7-11(17)13(16)12(14)15(19)20/h3-7,18H,1-2H3,(H,19,20). The number of aromatic carboxylic acids is 1. The van der Waals surface area contributed by atoms with E-state index in [0.29, 0.717) is 0 Å². The molecule has 0 amide bonds. The minimum absolute atomic E-state index is 0.0145. The molecule has 0 spiro atoms. The lowest BCUT2D eigenvalue weighted by Gasteiger charge is -2.15. The molecule has 0 aliphatic carbocycles. The number of carboxylic acids is 1. The van der Waals surface area contributed by atoms with Crippen molar-refractivity contribution in [3.63, 3.8) is 0 Å². The lowest BCUT2D eigenvalue weighted by Crippen LogP contribution is -2.17. The number of sulfonamides is 1. The molecular formula is C15H13BrFNO4S. The van der Waals surface area contributed by atoms with Gasteiger partial charge in [0, 0.05) is 0 Å². The fraction of sp³-hybridized carbons (Fsp3) is 0.133. The van der Waals surface area contributed by atoms with Gasteiger partial charge in [0.1, 0.15) is 11.4 Å². The summed E-state index contributed by atoms with van der Waals surface area (Å²) >= 11 is 2.85. The normalized spacial score (nSPS) is 11.3. The van der Waals surface area contributed by atoms with Crippen molar-refractivity contribution in [3.8, 4) is 0 Å². The molecule has 0 fully saturated rings. The topological polar surface area (TPSA) is 83.5 Å². The van der Waals surface area contributed by atoms with Gasteiger partial charge in [0.15, 0.2) is 0 Å². The van der Waals surface area contributed by atoms with Crippen LogP contribution >= 0.6 is 15.9 Å². The predicted octanol–water partition coefficient (Wildman–Crippen LogP) is 3.70. The molecule has 0 saturated carbocycles. The molecule has 0 aliphatic heterocycles. The van der Waals surface area contributed by atoms with E-state index in [1.165, 1.54) is 19.1 Å². The Bertz CT molecular complexity index is 879. The summed E-state index contributed by atoms with van der Waals surface area (Å²) in [6.07, 6.45) is 0. The average molecular weight is 402 g/mol. The Morgan fingerprint density at radius 2 is 1.78 bits per heavy atom. The van der Waals surface area contributed by atoms with Gasteiger partial charge in [0.2, 0.25) is 0 Å². The number of rotatable bonds is 4. The van der Waals surface area contributed by atoms with Crippen LogP contribution < -0.4 is 4.72 Å². The average Bonchev–Trinajstić information content (AvgIpc) is 2.44. The molecule has 0 bridgehead atoms. The zero-order valence-electron chi connectivity index (χ0n) is 12.2. The van der Waals surface area contributed by atoms with Crippen LogP contribution in [0.5, 0.6) is 0 Å². The maximum atomic E-state index is 13.7. The molecule has 2 rings (SSSR count). The maximum absolute atomic E-state index is 13.7. The Kier molecular flexibility index (Phi) is 4.76. The van der Waals surface area contributed by atoms with Crippen LogP contribution in [0.3, 0.4) is 0 Å². The minimum Gasteiger partial charge on any atom is -0.478 e. The molecule has 0 radical (unpaired) electrons. The first-order valence-corrected chi connectivity index (χ1v) is 8.72. The number of hydrogen-bond donors (Lipinski definition) is 2. The van der Waals surface area contributed by atoms with E-state index in [-0.39, 0.29) is 20.6 Å². The lowest BCUT2D eigenvalue weighted by atomic mass is 10.1. The van der Waals surface area contributed by atoms with E-state index < -0.39 is 27.4 Å². The van der Waals surface area contributed by atoms with Gasteiger partial charge in [-0.25, -0.2) is 17.6 Å². The molecule has 0 atom stereocenters. The van der Waals surface area contributed by atoms with Crippen LogP contribution in [0.2, 0.25) is 0 Å². The third kappa shape index (κ3) is 3.53. The highest BCUT2D eigenvalue weighted by molar-refractivity contribution is 9.10. The van der Waals surface area contributed by atoms with Crippen LogP contribution in [0.25, 0.3) is 0 Å². The highest BCUT2D eigenvalue weighted by Crippen LogP contribution is 2.32. The van der Waals surface area contributed by atoms with Crippen LogP contribution in [0.4, 0.5) is 10.1 Å². The van der Waals surface area contributed by atoms with Gasteiger partial charge in [-0.2, -0.15) is 0 Å². The third-order valence-corrected chi connectivity index (χ3v) is 5.34. The summed E-state index contributed by atoms with van der Waals surface area (Å²) in [6, 6.07) is 7.13. The first-order chi connectivity index (χ1) is 10.6. The van der Waals surface area contributed by atoms with Crippen LogP contribution in [-0.2, 0) is 10.0 Å². The summed E-state index contributed by atoms with van der Waals surface area (Å²) in [7, 11) is -3.99. The summed E-state index contributed by atoms with van der Waals surface area (Å²) in [6.45, 7) is 3.24. The van der Waals surface area contributed by atoms with Crippen molar-refractivity contribution in [2.75, 3.05) is 4.72 Å². The summed E-state index contributed by atoms with van der Waals surface area (Å²) in [4.78, 5) is 11.4. The number of carbonyl (C=O) groups is 1. The van der Waals surface area contributed by atoms with E-state index in [2.05, 4.69) is 20.7 Å². The molecule has 0 unspecified atom stereocenters. The van der Waals surface area contributed by atoms with Gasteiger partial charge < -0.3 is 5.11 Å². The van der Waals surface area contributed by atoms with Gasteiger partial charge in [-0.05, 0) is 53.5 Å². The second-order valence-corrected chi connectivity index (χ2v) is 7.44. The highest BCUT2D eigenvalue weighted by Gasteiger charge is 2.24. The molecular weight excluding hydrogens is 389 g/mol. The van der Waals surface area contributed by atoms with Crippen molar-refractivity contribution >= 4 is 37.6 Å². The molecule has 0 aromatic heterocycles. The second-order valence-electron chi connectivity index (χ2n) is 4.96. The van der Waals surface area contributed by atoms with Crippen molar-refractivity contribution < 1.29 is 22.7 Å². The van der Waals surface area contributed by atoms with Gasteiger partial charge in [-0.1, -0.05) is 17.7 Å². The van der Waals surface area contributed by atoms with Crippen LogP contribution in [0, 0.1) is 19.7 Å². The van der Waals surface area contributed by atoms with E-state index in [9.17, 15) is 22.7 Å². The van der Waals surface area contributed by atoms with Crippen molar-refractivity contribution in [2.45, 2.75) is 18.7 Å². The lowest BCUT2D eigenvalue weighted by molar-refractivity contribution is 0.0696. The molecule has 0 heterocycles. The van der Waals surface area contributed by atoms with E-state index in [1.54, 1.807) is 12.1 Å². The fourth-order valence-corrected chi connectivity index (χ4v) is 3.62. The Morgan fingerprint density at radius 3 is 2.30 bits per heavy atom. The number of halogens is 2. The molecule has 8 heteroatoms. The Morgan fingerprint density at radius 1 is 1.22 bits per heavy atom. The molecule has 0 saturated heterocycles. The molecule has 2 aromatic rings. The zero-order chi connectivity index (χ0) is 17.4. The van der Waals surface area contributed by atoms with Gasteiger partial charge in [-0.15, -0.1) is 0 Å². The number of aryl methyl sites for hydroxylation is 2. The van der Waals surface area contributed by atoms with E-state index in [0.717, 1.165) is 11.6 Å². The number of hydrogen-bond acceptors (Lipinski definition) is 3. The number of carboxylic acid groups (broad SMARTS) is 1. The summed E-state index contributed by atoms with van der Waals surface area (Å²) in [5, 5.41) is 9.27. The maximum Gasteiger partial charge on any atom is 0.339 e. The summed E-state index contributed by atoms with van der Waals surface area (Å²) in [5.41, 5.74) is 0.402. The smallest absolute Gasteiger partial charge is 0.339 e. The summed E-state index contributed by atoms with van der Waals surface area (Å²) < 4.78 is 40.5. The van der Waals surface area contributed by atoms with Crippen LogP contribution in [-0.4, -0.2) is 19.5 Å². The summed E-state index contributed by atoms with van der Waals surface area (Å²) in [5.74, 6) is -2.22. The number of nitrogens with one attached hydrogen (secondary N) is 1. The van der Waals surface area contributed by atoms with E-state index in [4.69, 9.17) is 0 Å². The molecule has 5 nitrogen and oxygen atoms in total. The largest absolute Gasteiger partial charge is 0.478 e. The predicted molar refractivity (Wildman–Crippen MR) is 87.8 cm³/mol. The monoisotopic (exact) mass is 401 g/mol. The van der Waals surface area contributed by atoms with Crippen molar-refractivity contribution in [3.05, 3.63) is 57.3 Å². The van der Waals surface area contributed by atoms with Gasteiger partial charge >= 0.3 is 5.97 Å². The van der Waals surface area contributed by atoms with Gasteiger partial charge in [0.25, 0.3) is 10.0 Å². The Hall–Kier alpha value is -1.93. The minimum atomic E-state index is -3.99. The van der Waals surface area contributed by atoms with Gasteiger partial charge in [-0.3, -0.25) is 4.72 Å². The fourth-order valence-electron chi connectivity index (χ4n) is 1.99. The molecule has 2 N–H and O–H groups in total. The molecule has 2 aromatic carbocycles. The first kappa shape index (κ1) is 17.4.